The zero-order valence-electron chi connectivity index (χ0n) is 10.4. The normalized spacial score (nSPS) is 9.35. The number of aromatic nitrogens is 1. The standard InChI is InChI=1S/C13H13NO.C2H6/c15-10-12-6-7-13(14-9-12)8-11-4-2-1-3-5-11;1-2/h1-7,9,15H,8,10H2;1-2H3. The van der Waals surface area contributed by atoms with Gasteiger partial charge in [-0.15, -0.1) is 0 Å². The second-order valence-electron chi connectivity index (χ2n) is 3.48. The maximum Gasteiger partial charge on any atom is 0.0696 e. The first-order valence-corrected chi connectivity index (χ1v) is 5.97. The molecule has 2 rings (SSSR count). The lowest BCUT2D eigenvalue weighted by Crippen LogP contribution is -1.93. The maximum absolute atomic E-state index is 8.88. The van der Waals surface area contributed by atoms with E-state index in [1.807, 2.05) is 44.2 Å². The van der Waals surface area contributed by atoms with Crippen molar-refractivity contribution in [3.63, 3.8) is 0 Å². The molecule has 0 aliphatic heterocycles. The molecule has 2 nitrogen and oxygen atoms in total. The number of pyridine rings is 1. The first-order chi connectivity index (χ1) is 8.38. The van der Waals surface area contributed by atoms with Crippen molar-refractivity contribution in [3.8, 4) is 0 Å². The van der Waals surface area contributed by atoms with Crippen molar-refractivity contribution < 1.29 is 5.11 Å². The molecule has 0 saturated carbocycles. The predicted octanol–water partition coefficient (Wildman–Crippen LogP) is 3.19. The van der Waals surface area contributed by atoms with Crippen LogP contribution in [0.5, 0.6) is 0 Å². The third kappa shape index (κ3) is 4.37. The molecule has 0 bridgehead atoms. The van der Waals surface area contributed by atoms with Crippen LogP contribution in [0.1, 0.15) is 30.7 Å². The lowest BCUT2D eigenvalue weighted by molar-refractivity contribution is 0.281. The number of nitrogens with zero attached hydrogens (tertiary/aromatic N) is 1. The number of benzene rings is 1. The Morgan fingerprint density at radius 1 is 0.941 bits per heavy atom. The Kier molecular flexibility index (Phi) is 5.97. The molecule has 0 fully saturated rings. The number of hydrogen-bond acceptors (Lipinski definition) is 2. The molecule has 90 valence electrons. The highest BCUT2D eigenvalue weighted by molar-refractivity contribution is 5.22. The van der Waals surface area contributed by atoms with Crippen molar-refractivity contribution >= 4 is 0 Å². The van der Waals surface area contributed by atoms with E-state index < -0.39 is 0 Å². The molecule has 1 N–H and O–H groups in total. The van der Waals surface area contributed by atoms with Crippen molar-refractivity contribution in [2.75, 3.05) is 0 Å². The minimum Gasteiger partial charge on any atom is -0.392 e. The van der Waals surface area contributed by atoms with Gasteiger partial charge in [-0.05, 0) is 17.2 Å². The minimum atomic E-state index is 0.0542. The molecule has 0 radical (unpaired) electrons. The summed E-state index contributed by atoms with van der Waals surface area (Å²) in [6.07, 6.45) is 2.56. The second-order valence-corrected chi connectivity index (χ2v) is 3.48. The topological polar surface area (TPSA) is 33.1 Å². The van der Waals surface area contributed by atoms with E-state index >= 15 is 0 Å². The largest absolute Gasteiger partial charge is 0.392 e. The Morgan fingerprint density at radius 3 is 2.18 bits per heavy atom. The van der Waals surface area contributed by atoms with Crippen LogP contribution in [-0.2, 0) is 13.0 Å². The molecule has 2 aromatic rings. The number of rotatable bonds is 3. The van der Waals surface area contributed by atoms with Gasteiger partial charge in [0.1, 0.15) is 0 Å². The van der Waals surface area contributed by atoms with Crippen molar-refractivity contribution in [1.82, 2.24) is 4.98 Å². The van der Waals surface area contributed by atoms with Crippen LogP contribution in [0, 0.1) is 0 Å². The molecule has 17 heavy (non-hydrogen) atoms. The average Bonchev–Trinajstić information content (AvgIpc) is 2.43. The molecule has 1 heterocycles. The molecule has 0 unspecified atom stereocenters. The van der Waals surface area contributed by atoms with Gasteiger partial charge >= 0.3 is 0 Å². The van der Waals surface area contributed by atoms with E-state index in [9.17, 15) is 0 Å². The SMILES string of the molecule is CC.OCc1ccc(Cc2ccccc2)nc1. The summed E-state index contributed by atoms with van der Waals surface area (Å²) < 4.78 is 0. The Balaban J connectivity index is 0.000000686. The van der Waals surface area contributed by atoms with Gasteiger partial charge < -0.3 is 5.11 Å². The summed E-state index contributed by atoms with van der Waals surface area (Å²) in [5, 5.41) is 8.88. The second kappa shape index (κ2) is 7.58. The van der Waals surface area contributed by atoms with E-state index in [0.717, 1.165) is 17.7 Å². The van der Waals surface area contributed by atoms with Gasteiger partial charge in [0.15, 0.2) is 0 Å². The van der Waals surface area contributed by atoms with Gasteiger partial charge in [-0.3, -0.25) is 4.98 Å². The lowest BCUT2D eigenvalue weighted by atomic mass is 10.1. The zero-order chi connectivity index (χ0) is 12.5. The van der Waals surface area contributed by atoms with Crippen LogP contribution in [0.4, 0.5) is 0 Å². The molecule has 0 aliphatic rings. The van der Waals surface area contributed by atoms with Crippen molar-refractivity contribution in [2.45, 2.75) is 26.9 Å². The van der Waals surface area contributed by atoms with E-state index in [-0.39, 0.29) is 6.61 Å². The summed E-state index contributed by atoms with van der Waals surface area (Å²) in [6.45, 7) is 4.05. The summed E-state index contributed by atoms with van der Waals surface area (Å²) in [5.41, 5.74) is 3.13. The predicted molar refractivity (Wildman–Crippen MR) is 70.8 cm³/mol. The van der Waals surface area contributed by atoms with Gasteiger partial charge in [0.25, 0.3) is 0 Å². The number of aliphatic hydroxyl groups is 1. The van der Waals surface area contributed by atoms with Crippen LogP contribution < -0.4 is 0 Å². The Morgan fingerprint density at radius 2 is 1.65 bits per heavy atom. The van der Waals surface area contributed by atoms with Crippen molar-refractivity contribution in [1.29, 1.82) is 0 Å². The third-order valence-corrected chi connectivity index (χ3v) is 2.30. The fourth-order valence-corrected chi connectivity index (χ4v) is 1.46. The fourth-order valence-electron chi connectivity index (χ4n) is 1.46. The summed E-state index contributed by atoms with van der Waals surface area (Å²) in [4.78, 5) is 4.28. The van der Waals surface area contributed by atoms with Crippen LogP contribution in [0.3, 0.4) is 0 Å². The van der Waals surface area contributed by atoms with Gasteiger partial charge in [-0.2, -0.15) is 0 Å². The van der Waals surface area contributed by atoms with Gasteiger partial charge in [-0.1, -0.05) is 50.2 Å². The van der Waals surface area contributed by atoms with Gasteiger partial charge in [0.05, 0.1) is 6.61 Å². The Labute approximate surface area is 103 Å². The van der Waals surface area contributed by atoms with Crippen LogP contribution in [0.25, 0.3) is 0 Å². The molecule has 2 heteroatoms. The van der Waals surface area contributed by atoms with Gasteiger partial charge in [-0.25, -0.2) is 0 Å². The monoisotopic (exact) mass is 229 g/mol. The third-order valence-electron chi connectivity index (χ3n) is 2.30. The van der Waals surface area contributed by atoms with Crippen molar-refractivity contribution in [3.05, 3.63) is 65.5 Å². The molecule has 0 saturated heterocycles. The van der Waals surface area contributed by atoms with E-state index in [4.69, 9.17) is 5.11 Å². The highest BCUT2D eigenvalue weighted by Gasteiger charge is 1.97. The van der Waals surface area contributed by atoms with Crippen LogP contribution in [-0.4, -0.2) is 10.1 Å². The highest BCUT2D eigenvalue weighted by atomic mass is 16.3. The van der Waals surface area contributed by atoms with Crippen molar-refractivity contribution in [2.24, 2.45) is 0 Å². The van der Waals surface area contributed by atoms with Crippen LogP contribution >= 0.6 is 0 Å². The van der Waals surface area contributed by atoms with E-state index in [2.05, 4.69) is 17.1 Å². The van der Waals surface area contributed by atoms with E-state index in [0.29, 0.717) is 0 Å². The zero-order valence-corrected chi connectivity index (χ0v) is 10.4. The summed E-state index contributed by atoms with van der Waals surface area (Å²) in [5.74, 6) is 0. The molecular weight excluding hydrogens is 210 g/mol. The number of hydrogen-bond donors (Lipinski definition) is 1. The van der Waals surface area contributed by atoms with E-state index in [1.54, 1.807) is 6.20 Å². The summed E-state index contributed by atoms with van der Waals surface area (Å²) in [6, 6.07) is 14.1. The lowest BCUT2D eigenvalue weighted by Gasteiger charge is -2.01. The quantitative estimate of drug-likeness (QED) is 0.876. The van der Waals surface area contributed by atoms with Gasteiger partial charge in [0.2, 0.25) is 0 Å². The molecule has 1 aromatic heterocycles. The Hall–Kier alpha value is -1.67. The molecule has 0 atom stereocenters. The average molecular weight is 229 g/mol. The van der Waals surface area contributed by atoms with Crippen LogP contribution in [0.2, 0.25) is 0 Å². The summed E-state index contributed by atoms with van der Waals surface area (Å²) >= 11 is 0. The molecule has 0 aliphatic carbocycles. The fraction of sp³-hybridized carbons (Fsp3) is 0.267. The van der Waals surface area contributed by atoms with Gasteiger partial charge in [0, 0.05) is 18.3 Å². The number of aliphatic hydroxyl groups excluding tert-OH is 1. The minimum absolute atomic E-state index is 0.0542. The highest BCUT2D eigenvalue weighted by Crippen LogP contribution is 2.07. The first kappa shape index (κ1) is 13.4. The molecule has 0 amide bonds. The van der Waals surface area contributed by atoms with Crippen LogP contribution in [0.15, 0.2) is 48.7 Å². The summed E-state index contributed by atoms with van der Waals surface area (Å²) in [7, 11) is 0. The van der Waals surface area contributed by atoms with E-state index in [1.165, 1.54) is 5.56 Å². The smallest absolute Gasteiger partial charge is 0.0696 e. The molecule has 1 aromatic carbocycles. The Bertz CT molecular complexity index is 409. The molecular formula is C15H19NO. The first-order valence-electron chi connectivity index (χ1n) is 5.97. The molecule has 0 spiro atoms. The maximum atomic E-state index is 8.88.